The van der Waals surface area contributed by atoms with Crippen LogP contribution in [0.2, 0.25) is 0 Å². The second-order valence-electron chi connectivity index (χ2n) is 4.91. The topological polar surface area (TPSA) is 32.7 Å². The van der Waals surface area contributed by atoms with Crippen molar-refractivity contribution in [1.29, 1.82) is 0 Å². The summed E-state index contributed by atoms with van der Waals surface area (Å²) < 4.78 is 43.0. The molecule has 2 aliphatic rings. The molecule has 1 N–H and O–H groups in total. The summed E-state index contributed by atoms with van der Waals surface area (Å²) in [5.41, 5.74) is -2.48. The molecule has 0 saturated carbocycles. The van der Waals surface area contributed by atoms with Crippen LogP contribution in [0.5, 0.6) is 0 Å². The van der Waals surface area contributed by atoms with Crippen molar-refractivity contribution in [2.24, 2.45) is 0 Å². The summed E-state index contributed by atoms with van der Waals surface area (Å²) in [6.45, 7) is 2.01. The third-order valence-corrected chi connectivity index (χ3v) is 3.86. The molecule has 0 aromatic carbocycles. The molecule has 0 bridgehead atoms. The molecule has 2 saturated heterocycles. The Hall–Kier alpha value is -0.330. The number of piperidine rings is 1. The van der Waals surface area contributed by atoms with Crippen molar-refractivity contribution >= 4 is 0 Å². The van der Waals surface area contributed by atoms with E-state index in [1.54, 1.807) is 0 Å². The lowest BCUT2D eigenvalue weighted by Crippen LogP contribution is -2.55. The zero-order valence-corrected chi connectivity index (χ0v) is 9.67. The molecular weight excluding hydrogens is 235 g/mol. The first-order valence-corrected chi connectivity index (χ1v) is 6.03. The van der Waals surface area contributed by atoms with Gasteiger partial charge in [0, 0.05) is 32.3 Å². The molecular formula is C11H18F3NO2. The maximum absolute atomic E-state index is 12.6. The number of likely N-dealkylation sites (tertiary alicyclic amines) is 1. The fourth-order valence-corrected chi connectivity index (χ4v) is 2.59. The van der Waals surface area contributed by atoms with Gasteiger partial charge in [0.25, 0.3) is 0 Å². The van der Waals surface area contributed by atoms with Crippen molar-refractivity contribution in [1.82, 2.24) is 4.90 Å². The molecule has 2 heterocycles. The number of aliphatic hydroxyl groups is 1. The highest BCUT2D eigenvalue weighted by atomic mass is 19.4. The highest BCUT2D eigenvalue weighted by Gasteiger charge is 2.54. The van der Waals surface area contributed by atoms with Gasteiger partial charge in [-0.1, -0.05) is 0 Å². The van der Waals surface area contributed by atoms with Crippen molar-refractivity contribution in [2.45, 2.75) is 43.5 Å². The first kappa shape index (κ1) is 13.1. The molecule has 0 aromatic rings. The van der Waals surface area contributed by atoms with Crippen molar-refractivity contribution in [3.63, 3.8) is 0 Å². The van der Waals surface area contributed by atoms with Crippen LogP contribution >= 0.6 is 0 Å². The number of alkyl halides is 3. The molecule has 0 aliphatic carbocycles. The smallest absolute Gasteiger partial charge is 0.381 e. The molecule has 100 valence electrons. The Kier molecular flexibility index (Phi) is 3.66. The van der Waals surface area contributed by atoms with Crippen LogP contribution in [-0.4, -0.2) is 54.1 Å². The summed E-state index contributed by atoms with van der Waals surface area (Å²) in [4.78, 5) is 2.06. The van der Waals surface area contributed by atoms with Crippen molar-refractivity contribution in [3.05, 3.63) is 0 Å². The van der Waals surface area contributed by atoms with Gasteiger partial charge in [0.1, 0.15) is 0 Å². The zero-order chi connectivity index (χ0) is 12.5. The normalized spacial score (nSPS) is 28.2. The van der Waals surface area contributed by atoms with Gasteiger partial charge < -0.3 is 9.84 Å². The first-order chi connectivity index (χ1) is 7.92. The number of rotatable bonds is 1. The number of ether oxygens (including phenoxy) is 1. The van der Waals surface area contributed by atoms with Crippen molar-refractivity contribution in [3.8, 4) is 0 Å². The summed E-state index contributed by atoms with van der Waals surface area (Å²) >= 11 is 0. The second-order valence-corrected chi connectivity index (χ2v) is 4.91. The van der Waals surface area contributed by atoms with Crippen molar-refractivity contribution in [2.75, 3.05) is 26.3 Å². The Morgan fingerprint density at radius 3 is 2.12 bits per heavy atom. The number of halogens is 3. The molecule has 6 heteroatoms. The van der Waals surface area contributed by atoms with Gasteiger partial charge in [-0.25, -0.2) is 0 Å². The molecule has 0 atom stereocenters. The van der Waals surface area contributed by atoms with E-state index in [9.17, 15) is 18.3 Å². The van der Waals surface area contributed by atoms with Crippen LogP contribution in [0.4, 0.5) is 13.2 Å². The fourth-order valence-electron chi connectivity index (χ4n) is 2.59. The van der Waals surface area contributed by atoms with E-state index < -0.39 is 11.8 Å². The van der Waals surface area contributed by atoms with Crippen LogP contribution in [-0.2, 0) is 4.74 Å². The molecule has 0 amide bonds. The van der Waals surface area contributed by atoms with Gasteiger partial charge in [-0.05, 0) is 25.7 Å². The van der Waals surface area contributed by atoms with E-state index in [0.717, 1.165) is 12.8 Å². The van der Waals surface area contributed by atoms with Gasteiger partial charge in [-0.2, -0.15) is 13.2 Å². The van der Waals surface area contributed by atoms with Gasteiger partial charge in [0.2, 0.25) is 0 Å². The Bertz CT molecular complexity index is 256. The summed E-state index contributed by atoms with van der Waals surface area (Å²) in [5, 5.41) is 9.55. The minimum Gasteiger partial charge on any atom is -0.381 e. The SMILES string of the molecule is OC1(C(F)(F)F)CCN(C2CCOCC2)CC1. The van der Waals surface area contributed by atoms with Crippen LogP contribution in [0.25, 0.3) is 0 Å². The molecule has 2 fully saturated rings. The van der Waals surface area contributed by atoms with Gasteiger partial charge in [0.15, 0.2) is 5.60 Å². The lowest BCUT2D eigenvalue weighted by molar-refractivity contribution is -0.274. The summed E-state index contributed by atoms with van der Waals surface area (Å²) in [7, 11) is 0. The molecule has 17 heavy (non-hydrogen) atoms. The summed E-state index contributed by atoms with van der Waals surface area (Å²) in [5.74, 6) is 0. The van der Waals surface area contributed by atoms with E-state index >= 15 is 0 Å². The van der Waals surface area contributed by atoms with E-state index in [2.05, 4.69) is 4.90 Å². The first-order valence-electron chi connectivity index (χ1n) is 6.03. The van der Waals surface area contributed by atoms with Crippen LogP contribution in [0.1, 0.15) is 25.7 Å². The molecule has 0 aromatic heterocycles. The summed E-state index contributed by atoms with van der Waals surface area (Å²) in [6, 6.07) is 0.321. The fraction of sp³-hybridized carbons (Fsp3) is 1.00. The van der Waals surface area contributed by atoms with E-state index in [-0.39, 0.29) is 12.8 Å². The van der Waals surface area contributed by atoms with Crippen LogP contribution in [0.15, 0.2) is 0 Å². The number of nitrogens with zero attached hydrogens (tertiary/aromatic N) is 1. The lowest BCUT2D eigenvalue weighted by Gasteiger charge is -2.43. The molecule has 0 radical (unpaired) electrons. The molecule has 2 aliphatic heterocycles. The molecule has 3 nitrogen and oxygen atoms in total. The molecule has 2 rings (SSSR count). The maximum Gasteiger partial charge on any atom is 0.417 e. The maximum atomic E-state index is 12.6. The Labute approximate surface area is 98.5 Å². The predicted molar refractivity (Wildman–Crippen MR) is 55.7 cm³/mol. The van der Waals surface area contributed by atoms with Gasteiger partial charge in [-0.15, -0.1) is 0 Å². The highest BCUT2D eigenvalue weighted by molar-refractivity contribution is 4.93. The highest BCUT2D eigenvalue weighted by Crippen LogP contribution is 2.39. The van der Waals surface area contributed by atoms with E-state index in [1.165, 1.54) is 0 Å². The summed E-state index contributed by atoms with van der Waals surface area (Å²) in [6.07, 6.45) is -3.18. The monoisotopic (exact) mass is 253 g/mol. The van der Waals surface area contributed by atoms with E-state index in [0.29, 0.717) is 32.3 Å². The Morgan fingerprint density at radius 1 is 1.12 bits per heavy atom. The third-order valence-electron chi connectivity index (χ3n) is 3.86. The zero-order valence-electron chi connectivity index (χ0n) is 9.67. The molecule has 0 unspecified atom stereocenters. The van der Waals surface area contributed by atoms with Gasteiger partial charge in [-0.3, -0.25) is 4.90 Å². The van der Waals surface area contributed by atoms with Crippen LogP contribution < -0.4 is 0 Å². The average molecular weight is 253 g/mol. The van der Waals surface area contributed by atoms with E-state index in [4.69, 9.17) is 4.74 Å². The second kappa shape index (κ2) is 4.74. The Morgan fingerprint density at radius 2 is 1.65 bits per heavy atom. The number of hydrogen-bond acceptors (Lipinski definition) is 3. The lowest BCUT2D eigenvalue weighted by atomic mass is 9.89. The minimum atomic E-state index is -4.51. The Balaban J connectivity index is 1.89. The average Bonchev–Trinajstić information content (AvgIpc) is 2.30. The standard InChI is InChI=1S/C11H18F3NO2/c12-11(13,14)10(16)3-5-15(6-4-10)9-1-7-17-8-2-9/h9,16H,1-8H2. The third kappa shape index (κ3) is 2.74. The quantitative estimate of drug-likeness (QED) is 0.769. The van der Waals surface area contributed by atoms with Crippen LogP contribution in [0, 0.1) is 0 Å². The van der Waals surface area contributed by atoms with E-state index in [1.807, 2.05) is 0 Å². The largest absolute Gasteiger partial charge is 0.417 e. The van der Waals surface area contributed by atoms with Gasteiger partial charge in [0.05, 0.1) is 0 Å². The van der Waals surface area contributed by atoms with Gasteiger partial charge >= 0.3 is 6.18 Å². The number of hydrogen-bond donors (Lipinski definition) is 1. The molecule has 0 spiro atoms. The van der Waals surface area contributed by atoms with Crippen LogP contribution in [0.3, 0.4) is 0 Å². The minimum absolute atomic E-state index is 0.214. The predicted octanol–water partition coefficient (Wildman–Crippen LogP) is 1.55. The van der Waals surface area contributed by atoms with Crippen molar-refractivity contribution < 1.29 is 23.0 Å².